The van der Waals surface area contributed by atoms with Gasteiger partial charge < -0.3 is 15.4 Å². The van der Waals surface area contributed by atoms with Gasteiger partial charge in [0.25, 0.3) is 0 Å². The molecule has 0 aliphatic carbocycles. The number of nitrogens with one attached hydrogen (secondary N) is 2. The summed E-state index contributed by atoms with van der Waals surface area (Å²) in [6, 6.07) is 15.7. The number of rotatable bonds is 7. The first-order chi connectivity index (χ1) is 12.6. The van der Waals surface area contributed by atoms with E-state index in [0.29, 0.717) is 18.4 Å². The molecular weight excluding hydrogens is 326 g/mol. The highest BCUT2D eigenvalue weighted by molar-refractivity contribution is 5.65. The second-order valence-corrected chi connectivity index (χ2v) is 6.06. The molecule has 6 heteroatoms. The third-order valence-corrected chi connectivity index (χ3v) is 3.51. The van der Waals surface area contributed by atoms with Gasteiger partial charge in [-0.25, -0.2) is 4.98 Å². The number of hydrogen-bond acceptors (Lipinski definition) is 6. The molecule has 0 unspecified atom stereocenters. The van der Waals surface area contributed by atoms with Crippen LogP contribution in [0.1, 0.15) is 20.8 Å². The average Bonchev–Trinajstić information content (AvgIpc) is 2.63. The molecule has 134 valence electrons. The number of benzene rings is 1. The van der Waals surface area contributed by atoms with Crippen molar-refractivity contribution in [2.24, 2.45) is 0 Å². The van der Waals surface area contributed by atoms with Crippen LogP contribution >= 0.6 is 0 Å². The Kier molecular flexibility index (Phi) is 5.63. The summed E-state index contributed by atoms with van der Waals surface area (Å²) in [6.45, 7) is 6.72. The molecule has 0 aliphatic heterocycles. The first-order valence-corrected chi connectivity index (χ1v) is 8.71. The van der Waals surface area contributed by atoms with Crippen molar-refractivity contribution in [1.29, 1.82) is 0 Å². The van der Waals surface area contributed by atoms with Crippen molar-refractivity contribution in [3.8, 4) is 17.1 Å². The predicted molar refractivity (Wildman–Crippen MR) is 105 cm³/mol. The van der Waals surface area contributed by atoms with Gasteiger partial charge in [-0.15, -0.1) is 0 Å². The second-order valence-electron chi connectivity index (χ2n) is 6.06. The largest absolute Gasteiger partial charge is 0.494 e. The fraction of sp³-hybridized carbons (Fsp3) is 0.250. The van der Waals surface area contributed by atoms with Crippen LogP contribution in [0.15, 0.2) is 54.7 Å². The van der Waals surface area contributed by atoms with Gasteiger partial charge in [-0.05, 0) is 57.2 Å². The van der Waals surface area contributed by atoms with E-state index in [1.807, 2.05) is 55.5 Å². The van der Waals surface area contributed by atoms with Crippen molar-refractivity contribution >= 4 is 17.5 Å². The van der Waals surface area contributed by atoms with E-state index < -0.39 is 0 Å². The topological polar surface area (TPSA) is 72.0 Å². The Bertz CT molecular complexity index is 835. The van der Waals surface area contributed by atoms with Crippen LogP contribution in [0.4, 0.5) is 17.5 Å². The molecule has 0 fully saturated rings. The van der Waals surface area contributed by atoms with E-state index in [2.05, 4.69) is 39.4 Å². The van der Waals surface area contributed by atoms with E-state index in [1.54, 1.807) is 6.20 Å². The molecule has 0 saturated carbocycles. The lowest BCUT2D eigenvalue weighted by molar-refractivity contribution is 0.340. The van der Waals surface area contributed by atoms with Gasteiger partial charge in [0.1, 0.15) is 11.6 Å². The third kappa shape index (κ3) is 4.69. The van der Waals surface area contributed by atoms with E-state index in [0.717, 1.165) is 22.8 Å². The molecule has 3 rings (SSSR count). The lowest BCUT2D eigenvalue weighted by atomic mass is 10.2. The van der Waals surface area contributed by atoms with Gasteiger partial charge >= 0.3 is 0 Å². The van der Waals surface area contributed by atoms with Crippen LogP contribution in [0.2, 0.25) is 0 Å². The van der Waals surface area contributed by atoms with E-state index >= 15 is 0 Å². The van der Waals surface area contributed by atoms with Crippen molar-refractivity contribution in [3.05, 3.63) is 54.7 Å². The van der Waals surface area contributed by atoms with Gasteiger partial charge in [0.05, 0.1) is 18.0 Å². The van der Waals surface area contributed by atoms with Crippen molar-refractivity contribution in [3.63, 3.8) is 0 Å². The van der Waals surface area contributed by atoms with Gasteiger partial charge in [0.15, 0.2) is 0 Å². The van der Waals surface area contributed by atoms with E-state index in [1.165, 1.54) is 0 Å². The highest BCUT2D eigenvalue weighted by Crippen LogP contribution is 2.24. The molecule has 0 amide bonds. The molecule has 0 aliphatic rings. The van der Waals surface area contributed by atoms with Crippen LogP contribution in [0.5, 0.6) is 5.75 Å². The number of nitrogens with zero attached hydrogens (tertiary/aromatic N) is 3. The molecule has 2 N–H and O–H groups in total. The maximum Gasteiger partial charge on any atom is 0.225 e. The lowest BCUT2D eigenvalue weighted by Gasteiger charge is -2.13. The summed E-state index contributed by atoms with van der Waals surface area (Å²) in [5.74, 6) is 2.11. The highest BCUT2D eigenvalue weighted by atomic mass is 16.5. The van der Waals surface area contributed by atoms with Crippen LogP contribution in [0, 0.1) is 0 Å². The van der Waals surface area contributed by atoms with Gasteiger partial charge in [-0.3, -0.25) is 4.98 Å². The summed E-state index contributed by atoms with van der Waals surface area (Å²) in [5.41, 5.74) is 2.49. The van der Waals surface area contributed by atoms with Gasteiger partial charge in [-0.2, -0.15) is 4.98 Å². The van der Waals surface area contributed by atoms with Crippen molar-refractivity contribution in [1.82, 2.24) is 15.0 Å². The van der Waals surface area contributed by atoms with Crippen LogP contribution in [-0.2, 0) is 0 Å². The molecule has 2 aromatic heterocycles. The number of pyridine rings is 1. The Morgan fingerprint density at radius 1 is 1.00 bits per heavy atom. The molecule has 6 nitrogen and oxygen atoms in total. The Morgan fingerprint density at radius 3 is 2.46 bits per heavy atom. The van der Waals surface area contributed by atoms with Crippen molar-refractivity contribution in [2.75, 3.05) is 17.2 Å². The fourth-order valence-electron chi connectivity index (χ4n) is 2.43. The standard InChI is InChI=1S/C20H23N5O/c1-4-26-16-10-8-15(9-11-16)23-19-13-18(17-7-5-6-12-21-17)24-20(25-19)22-14(2)3/h5-14H,4H2,1-3H3,(H2,22,23,24,25). The molecule has 0 spiro atoms. The van der Waals surface area contributed by atoms with Crippen LogP contribution in [0.25, 0.3) is 11.4 Å². The van der Waals surface area contributed by atoms with Crippen molar-refractivity contribution < 1.29 is 4.74 Å². The zero-order valence-corrected chi connectivity index (χ0v) is 15.2. The minimum absolute atomic E-state index is 0.229. The molecule has 2 heterocycles. The van der Waals surface area contributed by atoms with Gasteiger partial charge in [0.2, 0.25) is 5.95 Å². The summed E-state index contributed by atoms with van der Waals surface area (Å²) in [5, 5.41) is 6.58. The molecule has 3 aromatic rings. The number of hydrogen-bond donors (Lipinski definition) is 2. The Hall–Kier alpha value is -3.15. The lowest BCUT2D eigenvalue weighted by Crippen LogP contribution is -2.13. The smallest absolute Gasteiger partial charge is 0.225 e. The Labute approximate surface area is 153 Å². The molecule has 0 saturated heterocycles. The Morgan fingerprint density at radius 2 is 1.81 bits per heavy atom. The number of ether oxygens (including phenoxy) is 1. The van der Waals surface area contributed by atoms with Crippen molar-refractivity contribution in [2.45, 2.75) is 26.8 Å². The maximum atomic E-state index is 5.48. The molecule has 0 bridgehead atoms. The van der Waals surface area contributed by atoms with E-state index in [9.17, 15) is 0 Å². The van der Waals surface area contributed by atoms with Crippen LogP contribution in [0.3, 0.4) is 0 Å². The summed E-state index contributed by atoms with van der Waals surface area (Å²) < 4.78 is 5.48. The Balaban J connectivity index is 1.89. The summed E-state index contributed by atoms with van der Waals surface area (Å²) in [6.07, 6.45) is 1.76. The highest BCUT2D eigenvalue weighted by Gasteiger charge is 2.09. The third-order valence-electron chi connectivity index (χ3n) is 3.51. The first-order valence-electron chi connectivity index (χ1n) is 8.71. The number of anilines is 3. The monoisotopic (exact) mass is 349 g/mol. The normalized spacial score (nSPS) is 10.6. The second kappa shape index (κ2) is 8.29. The van der Waals surface area contributed by atoms with E-state index in [4.69, 9.17) is 4.74 Å². The van der Waals surface area contributed by atoms with Crippen LogP contribution in [-0.4, -0.2) is 27.6 Å². The molecule has 1 aromatic carbocycles. The fourth-order valence-corrected chi connectivity index (χ4v) is 2.43. The minimum atomic E-state index is 0.229. The molecule has 0 atom stereocenters. The number of aromatic nitrogens is 3. The molecule has 26 heavy (non-hydrogen) atoms. The van der Waals surface area contributed by atoms with Gasteiger partial charge in [-0.1, -0.05) is 6.07 Å². The van der Waals surface area contributed by atoms with Gasteiger partial charge in [0, 0.05) is 24.0 Å². The van der Waals surface area contributed by atoms with Crippen LogP contribution < -0.4 is 15.4 Å². The first kappa shape index (κ1) is 17.7. The molecular formula is C20H23N5O. The summed E-state index contributed by atoms with van der Waals surface area (Å²) in [4.78, 5) is 13.5. The average molecular weight is 349 g/mol. The zero-order chi connectivity index (χ0) is 18.4. The maximum absolute atomic E-state index is 5.48. The SMILES string of the molecule is CCOc1ccc(Nc2cc(-c3ccccn3)nc(NC(C)C)n2)cc1. The predicted octanol–water partition coefficient (Wildman–Crippen LogP) is 4.50. The quantitative estimate of drug-likeness (QED) is 0.654. The zero-order valence-electron chi connectivity index (χ0n) is 15.2. The summed E-state index contributed by atoms with van der Waals surface area (Å²) in [7, 11) is 0. The van der Waals surface area contributed by atoms with E-state index in [-0.39, 0.29) is 6.04 Å². The minimum Gasteiger partial charge on any atom is -0.494 e. The molecule has 0 radical (unpaired) electrons. The summed E-state index contributed by atoms with van der Waals surface area (Å²) >= 11 is 0.